The highest BCUT2D eigenvalue weighted by atomic mass is 79.9. The number of hydrogen-bond donors (Lipinski definition) is 0. The van der Waals surface area contributed by atoms with E-state index in [1.54, 1.807) is 19.9 Å². The molecule has 7 nitrogen and oxygen atoms in total. The molecule has 0 N–H and O–H groups in total. The van der Waals surface area contributed by atoms with E-state index in [1.807, 2.05) is 18.2 Å². The Morgan fingerprint density at radius 2 is 1.79 bits per heavy atom. The Balaban J connectivity index is 2.19. The van der Waals surface area contributed by atoms with Crippen molar-refractivity contribution in [3.63, 3.8) is 0 Å². The van der Waals surface area contributed by atoms with Crippen molar-refractivity contribution in [2.24, 2.45) is 0 Å². The van der Waals surface area contributed by atoms with Crippen LogP contribution in [0.5, 0.6) is 0 Å². The van der Waals surface area contributed by atoms with Gasteiger partial charge in [-0.25, -0.2) is 0 Å². The lowest BCUT2D eigenvalue weighted by atomic mass is 10.2. The molecule has 128 valence electrons. The third kappa shape index (κ3) is 4.57. The molecule has 24 heavy (non-hydrogen) atoms. The first-order valence-corrected chi connectivity index (χ1v) is 8.82. The summed E-state index contributed by atoms with van der Waals surface area (Å²) in [6, 6.07) is 7.33. The fourth-order valence-corrected chi connectivity index (χ4v) is 2.93. The van der Waals surface area contributed by atoms with Crippen LogP contribution >= 0.6 is 27.7 Å². The van der Waals surface area contributed by atoms with Crippen molar-refractivity contribution >= 4 is 39.6 Å². The van der Waals surface area contributed by atoms with Gasteiger partial charge in [0.15, 0.2) is 0 Å². The van der Waals surface area contributed by atoms with Gasteiger partial charge in [-0.1, -0.05) is 12.1 Å². The highest BCUT2D eigenvalue weighted by Crippen LogP contribution is 2.31. The van der Waals surface area contributed by atoms with Crippen molar-refractivity contribution in [2.45, 2.75) is 24.3 Å². The first-order chi connectivity index (χ1) is 11.6. The summed E-state index contributed by atoms with van der Waals surface area (Å²) < 4.78 is 16.1. The molecule has 0 radical (unpaired) electrons. The van der Waals surface area contributed by atoms with Gasteiger partial charge in [-0.05, 0) is 53.7 Å². The van der Waals surface area contributed by atoms with E-state index in [4.69, 9.17) is 13.9 Å². The average Bonchev–Trinajstić information content (AvgIpc) is 3.02. The minimum atomic E-state index is -1.21. The smallest absolute Gasteiger partial charge is 0.331 e. The van der Waals surface area contributed by atoms with Gasteiger partial charge in [0, 0.05) is 4.47 Å². The number of halogens is 1. The van der Waals surface area contributed by atoms with E-state index in [0.717, 1.165) is 16.2 Å². The second-order valence-corrected chi connectivity index (χ2v) is 6.27. The predicted octanol–water partition coefficient (Wildman–Crippen LogP) is 3.09. The SMILES string of the molecule is CCOC(=O)C(Sc1nnc(-c2ccccc2Br)o1)C(=O)OCC. The van der Waals surface area contributed by atoms with Gasteiger partial charge in [0.2, 0.25) is 11.1 Å². The number of carbonyl (C=O) groups is 2. The summed E-state index contributed by atoms with van der Waals surface area (Å²) in [5.41, 5.74) is 0.709. The molecule has 9 heteroatoms. The topological polar surface area (TPSA) is 91.5 Å². The second-order valence-electron chi connectivity index (χ2n) is 4.35. The second kappa shape index (κ2) is 8.84. The maximum Gasteiger partial charge on any atom is 0.331 e. The van der Waals surface area contributed by atoms with Gasteiger partial charge >= 0.3 is 11.9 Å². The fourth-order valence-electron chi connectivity index (χ4n) is 1.73. The Kier molecular flexibility index (Phi) is 6.80. The van der Waals surface area contributed by atoms with Gasteiger partial charge in [0.05, 0.1) is 18.8 Å². The number of benzene rings is 1. The van der Waals surface area contributed by atoms with Crippen molar-refractivity contribution < 1.29 is 23.5 Å². The van der Waals surface area contributed by atoms with Gasteiger partial charge in [0.1, 0.15) is 0 Å². The standard InChI is InChI=1S/C15H15BrN2O5S/c1-3-21-13(19)11(14(20)22-4-2)24-15-18-17-12(23-15)9-7-5-6-8-10(9)16/h5-8,11H,3-4H2,1-2H3. The van der Waals surface area contributed by atoms with E-state index in [1.165, 1.54) is 0 Å². The molecule has 0 aliphatic rings. The molecule has 0 aliphatic carbocycles. The van der Waals surface area contributed by atoms with Crippen molar-refractivity contribution in [1.29, 1.82) is 0 Å². The molecule has 1 aromatic carbocycles. The predicted molar refractivity (Wildman–Crippen MR) is 90.3 cm³/mol. The average molecular weight is 415 g/mol. The maximum absolute atomic E-state index is 12.0. The molecule has 2 aromatic rings. The molecule has 0 saturated carbocycles. The van der Waals surface area contributed by atoms with Crippen LogP contribution in [0.3, 0.4) is 0 Å². The number of aromatic nitrogens is 2. The number of carbonyl (C=O) groups excluding carboxylic acids is 2. The van der Waals surface area contributed by atoms with E-state index in [0.29, 0.717) is 5.56 Å². The fraction of sp³-hybridized carbons (Fsp3) is 0.333. The van der Waals surface area contributed by atoms with Crippen LogP contribution in [0.2, 0.25) is 0 Å². The lowest BCUT2D eigenvalue weighted by Crippen LogP contribution is -2.30. The number of rotatable bonds is 7. The third-order valence-electron chi connectivity index (χ3n) is 2.73. The zero-order valence-electron chi connectivity index (χ0n) is 13.0. The Labute approximate surface area is 151 Å². The number of ether oxygens (including phenoxy) is 2. The minimum absolute atomic E-state index is 0.0758. The molecule has 0 unspecified atom stereocenters. The Bertz CT molecular complexity index is 703. The van der Waals surface area contributed by atoms with Crippen molar-refractivity contribution in [1.82, 2.24) is 10.2 Å². The molecule has 0 bridgehead atoms. The molecule has 2 rings (SSSR count). The van der Waals surface area contributed by atoms with Gasteiger partial charge in [-0.2, -0.15) is 0 Å². The lowest BCUT2D eigenvalue weighted by molar-refractivity contribution is -0.152. The van der Waals surface area contributed by atoms with Crippen molar-refractivity contribution in [2.75, 3.05) is 13.2 Å². The quantitative estimate of drug-likeness (QED) is 0.387. The van der Waals surface area contributed by atoms with E-state index >= 15 is 0 Å². The molecule has 0 spiro atoms. The zero-order chi connectivity index (χ0) is 17.5. The monoisotopic (exact) mass is 414 g/mol. The van der Waals surface area contributed by atoms with Crippen LogP contribution in [-0.4, -0.2) is 40.6 Å². The van der Waals surface area contributed by atoms with Gasteiger partial charge in [-0.15, -0.1) is 10.2 Å². The summed E-state index contributed by atoms with van der Waals surface area (Å²) in [7, 11) is 0. The van der Waals surface area contributed by atoms with Crippen LogP contribution in [0.1, 0.15) is 13.8 Å². The molecule has 0 fully saturated rings. The normalized spacial score (nSPS) is 10.7. The van der Waals surface area contributed by atoms with Gasteiger partial charge in [-0.3, -0.25) is 9.59 Å². The van der Waals surface area contributed by atoms with Gasteiger partial charge < -0.3 is 13.9 Å². The summed E-state index contributed by atoms with van der Waals surface area (Å²) >= 11 is 4.20. The van der Waals surface area contributed by atoms with Gasteiger partial charge in [0.25, 0.3) is 5.22 Å². The zero-order valence-corrected chi connectivity index (χ0v) is 15.4. The molecular formula is C15H15BrN2O5S. The number of thioether (sulfide) groups is 1. The maximum atomic E-state index is 12.0. The third-order valence-corrected chi connectivity index (χ3v) is 4.41. The largest absolute Gasteiger partial charge is 0.465 e. The van der Waals surface area contributed by atoms with E-state index in [2.05, 4.69) is 26.1 Å². The molecule has 1 heterocycles. The summed E-state index contributed by atoms with van der Waals surface area (Å²) in [6.07, 6.45) is 0. The number of esters is 2. The molecule has 0 saturated heterocycles. The first-order valence-electron chi connectivity index (χ1n) is 7.15. The van der Waals surface area contributed by atoms with Crippen molar-refractivity contribution in [3.05, 3.63) is 28.7 Å². The Morgan fingerprint density at radius 1 is 1.17 bits per heavy atom. The summed E-state index contributed by atoms with van der Waals surface area (Å²) in [6.45, 7) is 3.62. The van der Waals surface area contributed by atoms with Crippen molar-refractivity contribution in [3.8, 4) is 11.5 Å². The Morgan fingerprint density at radius 3 is 2.38 bits per heavy atom. The van der Waals surface area contributed by atoms with Crippen LogP contribution in [0.4, 0.5) is 0 Å². The summed E-state index contributed by atoms with van der Waals surface area (Å²) in [4.78, 5) is 23.9. The molecule has 1 aromatic heterocycles. The van der Waals surface area contributed by atoms with E-state index in [-0.39, 0.29) is 24.3 Å². The molecule has 0 amide bonds. The highest BCUT2D eigenvalue weighted by molar-refractivity contribution is 9.10. The summed E-state index contributed by atoms with van der Waals surface area (Å²) in [5, 5.41) is 6.67. The highest BCUT2D eigenvalue weighted by Gasteiger charge is 2.33. The van der Waals surface area contributed by atoms with Crippen LogP contribution in [0.15, 0.2) is 38.4 Å². The summed E-state index contributed by atoms with van der Waals surface area (Å²) in [5.74, 6) is -1.14. The Hall–Kier alpha value is -1.87. The lowest BCUT2D eigenvalue weighted by Gasteiger charge is -2.11. The van der Waals surface area contributed by atoms with Crippen LogP contribution < -0.4 is 0 Å². The molecular weight excluding hydrogens is 400 g/mol. The van der Waals surface area contributed by atoms with E-state index in [9.17, 15) is 9.59 Å². The van der Waals surface area contributed by atoms with Crippen LogP contribution in [0.25, 0.3) is 11.5 Å². The molecule has 0 atom stereocenters. The number of nitrogens with zero attached hydrogens (tertiary/aromatic N) is 2. The van der Waals surface area contributed by atoms with Crippen LogP contribution in [0, 0.1) is 0 Å². The number of hydrogen-bond acceptors (Lipinski definition) is 8. The van der Waals surface area contributed by atoms with E-state index < -0.39 is 17.2 Å². The van der Waals surface area contributed by atoms with Crippen LogP contribution in [-0.2, 0) is 19.1 Å². The minimum Gasteiger partial charge on any atom is -0.465 e. The molecule has 0 aliphatic heterocycles. The first kappa shape index (κ1) is 18.5.